The first kappa shape index (κ1) is 15.4. The number of nitrogens with zero attached hydrogens (tertiary/aromatic N) is 2. The van der Waals surface area contributed by atoms with Crippen LogP contribution in [0, 0.1) is 0 Å². The van der Waals surface area contributed by atoms with E-state index in [0.29, 0.717) is 24.2 Å². The summed E-state index contributed by atoms with van der Waals surface area (Å²) in [5, 5.41) is 37.7. The van der Waals surface area contributed by atoms with E-state index < -0.39 is 11.5 Å². The molecule has 2 aromatic carbocycles. The average Bonchev–Trinajstić information content (AvgIpc) is 2.52. The maximum Gasteiger partial charge on any atom is 0.200 e. The molecule has 0 radical (unpaired) electrons. The van der Waals surface area contributed by atoms with Crippen molar-refractivity contribution in [3.63, 3.8) is 0 Å². The number of hydrogen-bond acceptors (Lipinski definition) is 6. The smallest absolute Gasteiger partial charge is 0.200 e. The van der Waals surface area contributed by atoms with Crippen LogP contribution < -0.4 is 0 Å². The minimum Gasteiger partial charge on any atom is -0.507 e. The molecule has 22 heavy (non-hydrogen) atoms. The zero-order valence-electron chi connectivity index (χ0n) is 11.7. The fourth-order valence-corrected chi connectivity index (χ4v) is 1.73. The number of benzene rings is 2. The van der Waals surface area contributed by atoms with Gasteiger partial charge in [0.05, 0.1) is 13.1 Å². The Labute approximate surface area is 127 Å². The van der Waals surface area contributed by atoms with Gasteiger partial charge in [-0.1, -0.05) is 12.1 Å². The van der Waals surface area contributed by atoms with Crippen molar-refractivity contribution in [2.24, 2.45) is 9.98 Å². The van der Waals surface area contributed by atoms with Gasteiger partial charge in [-0.2, -0.15) is 0 Å². The summed E-state index contributed by atoms with van der Waals surface area (Å²) in [6, 6.07) is 9.58. The molecule has 0 aliphatic rings. The fourth-order valence-electron chi connectivity index (χ4n) is 1.73. The number of rotatable bonds is 5. The highest BCUT2D eigenvalue weighted by molar-refractivity contribution is 5.85. The normalized spacial score (nSPS) is 11.5. The fraction of sp³-hybridized carbons (Fsp3) is 0.125. The summed E-state index contributed by atoms with van der Waals surface area (Å²) in [4.78, 5) is 8.21. The Morgan fingerprint density at radius 3 is 2.00 bits per heavy atom. The van der Waals surface area contributed by atoms with Crippen LogP contribution in [0.5, 0.6) is 23.0 Å². The lowest BCUT2D eigenvalue weighted by Gasteiger charge is -2.02. The highest BCUT2D eigenvalue weighted by Gasteiger charge is 2.08. The lowest BCUT2D eigenvalue weighted by atomic mass is 10.2. The number of phenols is 4. The van der Waals surface area contributed by atoms with Crippen molar-refractivity contribution in [2.75, 3.05) is 13.1 Å². The topological polar surface area (TPSA) is 106 Å². The zero-order valence-corrected chi connectivity index (χ0v) is 11.7. The van der Waals surface area contributed by atoms with E-state index in [1.165, 1.54) is 18.3 Å². The second-order valence-electron chi connectivity index (χ2n) is 4.50. The van der Waals surface area contributed by atoms with Gasteiger partial charge in [0, 0.05) is 23.6 Å². The molecule has 2 aromatic rings. The summed E-state index contributed by atoms with van der Waals surface area (Å²) in [5.74, 6) is -1.20. The molecule has 0 aliphatic heterocycles. The molecule has 4 N–H and O–H groups in total. The SMILES string of the molecule is Oc1ccccc1C=NCCN=Cc1ccc(O)c(O)c1O. The summed E-state index contributed by atoms with van der Waals surface area (Å²) in [7, 11) is 0. The van der Waals surface area contributed by atoms with Gasteiger partial charge in [-0.3, -0.25) is 9.98 Å². The van der Waals surface area contributed by atoms with Crippen LogP contribution in [-0.4, -0.2) is 45.9 Å². The molecular formula is C16H16N2O4. The van der Waals surface area contributed by atoms with Crippen molar-refractivity contribution in [1.29, 1.82) is 0 Å². The minimum atomic E-state index is -0.568. The molecular weight excluding hydrogens is 284 g/mol. The molecule has 0 bridgehead atoms. The third-order valence-electron chi connectivity index (χ3n) is 2.92. The second-order valence-corrected chi connectivity index (χ2v) is 4.50. The number of para-hydroxylation sites is 1. The Kier molecular flexibility index (Phi) is 4.98. The van der Waals surface area contributed by atoms with Crippen molar-refractivity contribution >= 4 is 12.4 Å². The van der Waals surface area contributed by atoms with E-state index in [0.717, 1.165) is 0 Å². The van der Waals surface area contributed by atoms with Crippen LogP contribution >= 0.6 is 0 Å². The Balaban J connectivity index is 1.89. The van der Waals surface area contributed by atoms with E-state index in [1.807, 2.05) is 0 Å². The van der Waals surface area contributed by atoms with E-state index in [1.54, 1.807) is 30.5 Å². The second kappa shape index (κ2) is 7.12. The van der Waals surface area contributed by atoms with Crippen molar-refractivity contribution in [3.8, 4) is 23.0 Å². The molecule has 0 unspecified atom stereocenters. The van der Waals surface area contributed by atoms with Crippen molar-refractivity contribution in [1.82, 2.24) is 0 Å². The number of aliphatic imine (C=N–C) groups is 2. The Morgan fingerprint density at radius 1 is 0.682 bits per heavy atom. The highest BCUT2D eigenvalue weighted by atomic mass is 16.3. The third-order valence-corrected chi connectivity index (χ3v) is 2.92. The summed E-state index contributed by atoms with van der Waals surface area (Å²) < 4.78 is 0. The van der Waals surface area contributed by atoms with Gasteiger partial charge in [0.2, 0.25) is 5.75 Å². The quantitative estimate of drug-likeness (QED) is 0.385. The Bertz CT molecular complexity index is 711. The van der Waals surface area contributed by atoms with Gasteiger partial charge < -0.3 is 20.4 Å². The molecule has 0 spiro atoms. The van der Waals surface area contributed by atoms with Crippen molar-refractivity contribution < 1.29 is 20.4 Å². The lowest BCUT2D eigenvalue weighted by Crippen LogP contribution is -1.91. The van der Waals surface area contributed by atoms with Crippen molar-refractivity contribution in [2.45, 2.75) is 0 Å². The van der Waals surface area contributed by atoms with E-state index >= 15 is 0 Å². The molecule has 114 valence electrons. The van der Waals surface area contributed by atoms with E-state index in [4.69, 9.17) is 0 Å². The Hall–Kier alpha value is -3.02. The number of phenolic OH excluding ortho intramolecular Hbond substituents is 4. The lowest BCUT2D eigenvalue weighted by molar-refractivity contribution is 0.367. The summed E-state index contributed by atoms with van der Waals surface area (Å²) in [6.07, 6.45) is 2.96. The minimum absolute atomic E-state index is 0.166. The van der Waals surface area contributed by atoms with E-state index in [2.05, 4.69) is 9.98 Å². The molecule has 0 saturated heterocycles. The number of hydrogen-bond donors (Lipinski definition) is 4. The van der Waals surface area contributed by atoms with E-state index in [-0.39, 0.29) is 11.5 Å². The first-order valence-electron chi connectivity index (χ1n) is 6.61. The summed E-state index contributed by atoms with van der Waals surface area (Å²) in [5.41, 5.74) is 0.938. The van der Waals surface area contributed by atoms with Crippen LogP contribution in [0.3, 0.4) is 0 Å². The maximum absolute atomic E-state index is 9.60. The third kappa shape index (κ3) is 3.76. The largest absolute Gasteiger partial charge is 0.507 e. The summed E-state index contributed by atoms with van der Waals surface area (Å²) in [6.45, 7) is 0.792. The van der Waals surface area contributed by atoms with Gasteiger partial charge in [0.25, 0.3) is 0 Å². The predicted molar refractivity (Wildman–Crippen MR) is 84.5 cm³/mol. The molecule has 0 atom stereocenters. The van der Waals surface area contributed by atoms with Gasteiger partial charge in [0.1, 0.15) is 5.75 Å². The van der Waals surface area contributed by atoms with Crippen molar-refractivity contribution in [3.05, 3.63) is 47.5 Å². The standard InChI is InChI=1S/C16H16N2O4/c19-13-4-2-1-3-11(13)9-17-7-8-18-10-12-5-6-14(20)16(22)15(12)21/h1-6,9-10,19-22H,7-8H2. The first-order chi connectivity index (χ1) is 10.6. The van der Waals surface area contributed by atoms with Crippen LogP contribution in [0.25, 0.3) is 0 Å². The molecule has 0 fully saturated rings. The van der Waals surface area contributed by atoms with Crippen LogP contribution in [0.15, 0.2) is 46.4 Å². The summed E-state index contributed by atoms with van der Waals surface area (Å²) >= 11 is 0. The molecule has 0 amide bonds. The van der Waals surface area contributed by atoms with Gasteiger partial charge in [-0.05, 0) is 24.3 Å². The monoisotopic (exact) mass is 300 g/mol. The molecule has 0 heterocycles. The van der Waals surface area contributed by atoms with Crippen LogP contribution in [0.1, 0.15) is 11.1 Å². The molecule has 0 aliphatic carbocycles. The molecule has 6 heteroatoms. The van der Waals surface area contributed by atoms with Gasteiger partial charge >= 0.3 is 0 Å². The Morgan fingerprint density at radius 2 is 1.32 bits per heavy atom. The molecule has 0 aromatic heterocycles. The van der Waals surface area contributed by atoms with Gasteiger partial charge in [-0.25, -0.2) is 0 Å². The first-order valence-corrected chi connectivity index (χ1v) is 6.61. The maximum atomic E-state index is 9.60. The molecule has 6 nitrogen and oxygen atoms in total. The van der Waals surface area contributed by atoms with E-state index in [9.17, 15) is 20.4 Å². The molecule has 2 rings (SSSR count). The van der Waals surface area contributed by atoms with Crippen LogP contribution in [0.4, 0.5) is 0 Å². The van der Waals surface area contributed by atoms with Crippen LogP contribution in [-0.2, 0) is 0 Å². The average molecular weight is 300 g/mol. The van der Waals surface area contributed by atoms with Crippen LogP contribution in [0.2, 0.25) is 0 Å². The van der Waals surface area contributed by atoms with Gasteiger partial charge in [0.15, 0.2) is 11.5 Å². The highest BCUT2D eigenvalue weighted by Crippen LogP contribution is 2.36. The zero-order chi connectivity index (χ0) is 15.9. The molecule has 0 saturated carbocycles. The number of aromatic hydroxyl groups is 4. The van der Waals surface area contributed by atoms with Gasteiger partial charge in [-0.15, -0.1) is 0 Å². The predicted octanol–water partition coefficient (Wildman–Crippen LogP) is 2.05.